The molecule has 0 fully saturated rings. The maximum atomic E-state index is 11.0. The van der Waals surface area contributed by atoms with Crippen molar-refractivity contribution in [1.82, 2.24) is 10.9 Å². The molecule has 0 saturated carbocycles. The predicted molar refractivity (Wildman–Crippen MR) is 59.6 cm³/mol. The molecule has 0 rings (SSSR count). The molecule has 0 spiro atoms. The van der Waals surface area contributed by atoms with Crippen molar-refractivity contribution >= 4 is 35.4 Å². The van der Waals surface area contributed by atoms with E-state index in [1.54, 1.807) is 13.8 Å². The van der Waals surface area contributed by atoms with Crippen LogP contribution in [-0.4, -0.2) is 36.2 Å². The zero-order valence-electron chi connectivity index (χ0n) is 8.96. The first-order valence-corrected chi connectivity index (χ1v) is 5.61. The van der Waals surface area contributed by atoms with E-state index >= 15 is 0 Å². The van der Waals surface area contributed by atoms with Gasteiger partial charge >= 0.3 is 12.2 Å². The van der Waals surface area contributed by atoms with Crippen LogP contribution in [0.3, 0.4) is 0 Å². The summed E-state index contributed by atoms with van der Waals surface area (Å²) in [4.78, 5) is 22.0. The second kappa shape index (κ2) is 8.29. The van der Waals surface area contributed by atoms with Gasteiger partial charge in [-0.3, -0.25) is 0 Å². The van der Waals surface area contributed by atoms with Gasteiger partial charge in [-0.05, 0) is 13.8 Å². The van der Waals surface area contributed by atoms with E-state index in [-0.39, 0.29) is 11.8 Å². The first kappa shape index (κ1) is 15.1. The minimum absolute atomic E-state index is 0.168. The Balaban J connectivity index is 3.71. The second-order valence-corrected chi connectivity index (χ2v) is 3.61. The van der Waals surface area contributed by atoms with Crippen molar-refractivity contribution in [3.8, 4) is 0 Å². The van der Waals surface area contributed by atoms with Crippen LogP contribution in [0.25, 0.3) is 0 Å². The molecule has 8 heteroatoms. The maximum Gasteiger partial charge on any atom is 0.426 e. The van der Waals surface area contributed by atoms with Crippen molar-refractivity contribution in [2.24, 2.45) is 0 Å². The third kappa shape index (κ3) is 7.42. The lowest BCUT2D eigenvalue weighted by Gasteiger charge is -2.13. The zero-order chi connectivity index (χ0) is 12.6. The molecule has 0 aromatic carbocycles. The van der Waals surface area contributed by atoms with Crippen molar-refractivity contribution in [3.05, 3.63) is 0 Å². The molecule has 2 unspecified atom stereocenters. The molecule has 0 aromatic heterocycles. The summed E-state index contributed by atoms with van der Waals surface area (Å²) in [6.45, 7) is 3.22. The number of hydrogen-bond acceptors (Lipinski definition) is 4. The number of ether oxygens (including phenoxy) is 2. The van der Waals surface area contributed by atoms with Gasteiger partial charge in [0.1, 0.15) is 12.2 Å². The number of carbonyl (C=O) groups is 2. The first-order valence-electron chi connectivity index (χ1n) is 4.54. The topological polar surface area (TPSA) is 76.7 Å². The zero-order valence-corrected chi connectivity index (χ0v) is 10.5. The standard InChI is InChI=1S/C8H14Cl2N2O4/c1-5(3-9)15-7(13)11-12-8(14)16-6(2)4-10/h5-6H,3-4H2,1-2H3,(H,11,13)(H,12,14). The molecule has 6 nitrogen and oxygen atoms in total. The van der Waals surface area contributed by atoms with Crippen molar-refractivity contribution in [3.63, 3.8) is 0 Å². The minimum Gasteiger partial charge on any atom is -0.444 e. The molecule has 0 aromatic rings. The van der Waals surface area contributed by atoms with Gasteiger partial charge in [0.05, 0.1) is 11.8 Å². The fraction of sp³-hybridized carbons (Fsp3) is 0.750. The molecular formula is C8H14Cl2N2O4. The van der Waals surface area contributed by atoms with Gasteiger partial charge in [0.15, 0.2) is 0 Å². The quantitative estimate of drug-likeness (QED) is 0.602. The average molecular weight is 273 g/mol. The van der Waals surface area contributed by atoms with Gasteiger partial charge in [-0.25, -0.2) is 20.4 Å². The van der Waals surface area contributed by atoms with E-state index in [9.17, 15) is 9.59 Å². The Morgan fingerprint density at radius 3 is 1.56 bits per heavy atom. The molecule has 0 heterocycles. The Morgan fingerprint density at radius 1 is 1.00 bits per heavy atom. The molecular weight excluding hydrogens is 259 g/mol. The van der Waals surface area contributed by atoms with E-state index in [0.29, 0.717) is 0 Å². The summed E-state index contributed by atoms with van der Waals surface area (Å²) < 4.78 is 9.41. The Kier molecular flexibility index (Phi) is 7.84. The Bertz CT molecular complexity index is 216. The van der Waals surface area contributed by atoms with E-state index in [2.05, 4.69) is 0 Å². The Morgan fingerprint density at radius 2 is 1.31 bits per heavy atom. The van der Waals surface area contributed by atoms with Crippen LogP contribution in [0.15, 0.2) is 0 Å². The predicted octanol–water partition coefficient (Wildman–Crippen LogP) is 1.61. The minimum atomic E-state index is -0.816. The number of hydrazine groups is 1. The van der Waals surface area contributed by atoms with Crippen molar-refractivity contribution in [1.29, 1.82) is 0 Å². The summed E-state index contributed by atoms with van der Waals surface area (Å²) in [6, 6.07) is 0. The van der Waals surface area contributed by atoms with Crippen LogP contribution < -0.4 is 10.9 Å². The number of carbonyl (C=O) groups excluding carboxylic acids is 2. The summed E-state index contributed by atoms with van der Waals surface area (Å²) in [7, 11) is 0. The highest BCUT2D eigenvalue weighted by atomic mass is 35.5. The largest absolute Gasteiger partial charge is 0.444 e. The van der Waals surface area contributed by atoms with Crippen molar-refractivity contribution in [2.45, 2.75) is 26.1 Å². The Hall–Kier alpha value is -0.880. The van der Waals surface area contributed by atoms with Crippen LogP contribution in [0, 0.1) is 0 Å². The van der Waals surface area contributed by atoms with E-state index in [0.717, 1.165) is 0 Å². The molecule has 2 N–H and O–H groups in total. The summed E-state index contributed by atoms with van der Waals surface area (Å²) in [6.07, 6.45) is -2.52. The van der Waals surface area contributed by atoms with Gasteiger partial charge in [0.2, 0.25) is 0 Å². The molecule has 94 valence electrons. The summed E-state index contributed by atoms with van der Waals surface area (Å²) in [5, 5.41) is 0. The smallest absolute Gasteiger partial charge is 0.426 e. The maximum absolute atomic E-state index is 11.0. The number of alkyl halides is 2. The monoisotopic (exact) mass is 272 g/mol. The molecule has 0 aliphatic carbocycles. The molecule has 0 bridgehead atoms. The number of amides is 2. The lowest BCUT2D eigenvalue weighted by atomic mass is 10.5. The lowest BCUT2D eigenvalue weighted by molar-refractivity contribution is 0.0961. The highest BCUT2D eigenvalue weighted by Gasteiger charge is 2.11. The summed E-state index contributed by atoms with van der Waals surface area (Å²) in [5.74, 6) is 0.336. The molecule has 0 radical (unpaired) electrons. The summed E-state index contributed by atoms with van der Waals surface area (Å²) >= 11 is 10.8. The van der Waals surface area contributed by atoms with Gasteiger partial charge in [-0.15, -0.1) is 23.2 Å². The van der Waals surface area contributed by atoms with Gasteiger partial charge in [-0.1, -0.05) is 0 Å². The van der Waals surface area contributed by atoms with E-state index in [1.165, 1.54) is 0 Å². The fourth-order valence-corrected chi connectivity index (χ4v) is 0.715. The third-order valence-corrected chi connectivity index (χ3v) is 2.19. The highest BCUT2D eigenvalue weighted by Crippen LogP contribution is 1.94. The third-order valence-electron chi connectivity index (χ3n) is 1.32. The number of halogens is 2. The van der Waals surface area contributed by atoms with Crippen LogP contribution in [0.4, 0.5) is 9.59 Å². The number of rotatable bonds is 4. The van der Waals surface area contributed by atoms with Gasteiger partial charge in [0.25, 0.3) is 0 Å². The van der Waals surface area contributed by atoms with Crippen molar-refractivity contribution < 1.29 is 19.1 Å². The molecule has 0 saturated heterocycles. The molecule has 0 aliphatic heterocycles. The SMILES string of the molecule is CC(CCl)OC(=O)NNC(=O)OC(C)CCl. The first-order chi connectivity index (χ1) is 7.49. The molecule has 16 heavy (non-hydrogen) atoms. The fourth-order valence-electron chi connectivity index (χ4n) is 0.589. The number of nitrogens with one attached hydrogen (secondary N) is 2. The van der Waals surface area contributed by atoms with E-state index in [1.807, 2.05) is 10.9 Å². The van der Waals surface area contributed by atoms with Gasteiger partial charge in [-0.2, -0.15) is 0 Å². The lowest BCUT2D eigenvalue weighted by Crippen LogP contribution is -2.44. The second-order valence-electron chi connectivity index (χ2n) is 2.99. The van der Waals surface area contributed by atoms with Crippen LogP contribution in [0.2, 0.25) is 0 Å². The van der Waals surface area contributed by atoms with Crippen LogP contribution in [0.1, 0.15) is 13.8 Å². The van der Waals surface area contributed by atoms with Gasteiger partial charge < -0.3 is 9.47 Å². The molecule has 2 amide bonds. The normalized spacial score (nSPS) is 13.5. The molecule has 0 aliphatic rings. The van der Waals surface area contributed by atoms with Crippen LogP contribution in [-0.2, 0) is 9.47 Å². The van der Waals surface area contributed by atoms with Gasteiger partial charge in [0, 0.05) is 0 Å². The van der Waals surface area contributed by atoms with Crippen molar-refractivity contribution in [2.75, 3.05) is 11.8 Å². The Labute approximate surface area is 104 Å². The van der Waals surface area contributed by atoms with E-state index < -0.39 is 24.4 Å². The van der Waals surface area contributed by atoms with Crippen LogP contribution in [0.5, 0.6) is 0 Å². The summed E-state index contributed by atoms with van der Waals surface area (Å²) in [5.41, 5.74) is 3.98. The van der Waals surface area contributed by atoms with Crippen LogP contribution >= 0.6 is 23.2 Å². The average Bonchev–Trinajstić information content (AvgIpc) is 2.26. The highest BCUT2D eigenvalue weighted by molar-refractivity contribution is 6.18. The molecule has 2 atom stereocenters. The van der Waals surface area contributed by atoms with E-state index in [4.69, 9.17) is 32.7 Å². The number of hydrogen-bond donors (Lipinski definition) is 2.